The van der Waals surface area contributed by atoms with Crippen LogP contribution >= 0.6 is 27.7 Å². The van der Waals surface area contributed by atoms with E-state index in [0.29, 0.717) is 5.75 Å². The van der Waals surface area contributed by atoms with E-state index in [-0.39, 0.29) is 6.54 Å². The van der Waals surface area contributed by atoms with E-state index in [0.717, 1.165) is 43.7 Å². The Labute approximate surface area is 185 Å². The average Bonchev–Trinajstić information content (AvgIpc) is 3.10. The molecule has 0 unspecified atom stereocenters. The number of hydrogen-bond donors (Lipinski definition) is 2. The van der Waals surface area contributed by atoms with Crippen molar-refractivity contribution in [3.63, 3.8) is 0 Å². The van der Waals surface area contributed by atoms with E-state index in [1.165, 1.54) is 6.07 Å². The summed E-state index contributed by atoms with van der Waals surface area (Å²) in [4.78, 5) is 16.7. The largest absolute Gasteiger partial charge is 0.354 e. The number of aromatic nitrogens is 1. The molecule has 2 N–H and O–H groups in total. The first kappa shape index (κ1) is 20.6. The summed E-state index contributed by atoms with van der Waals surface area (Å²) < 4.78 is 28.5. The van der Waals surface area contributed by atoms with Crippen LogP contribution in [0.3, 0.4) is 0 Å². The summed E-state index contributed by atoms with van der Waals surface area (Å²) in [6.45, 7) is 0.274. The van der Waals surface area contributed by atoms with Crippen molar-refractivity contribution in [1.82, 2.24) is 10.3 Å². The van der Waals surface area contributed by atoms with Crippen molar-refractivity contribution >= 4 is 44.5 Å². The third-order valence-electron chi connectivity index (χ3n) is 4.62. The zero-order valence-electron chi connectivity index (χ0n) is 15.7. The van der Waals surface area contributed by atoms with Crippen molar-refractivity contribution in [3.8, 4) is 11.3 Å². The molecule has 0 bridgehead atoms. The van der Waals surface area contributed by atoms with Gasteiger partial charge in [0.05, 0.1) is 5.69 Å². The van der Waals surface area contributed by atoms with Gasteiger partial charge in [-0.05, 0) is 35.9 Å². The Morgan fingerprint density at radius 2 is 1.67 bits per heavy atom. The molecule has 1 aromatic heterocycles. The highest BCUT2D eigenvalue weighted by atomic mass is 79.9. The van der Waals surface area contributed by atoms with E-state index < -0.39 is 23.1 Å². The average molecular weight is 487 g/mol. The first-order valence-electron chi connectivity index (χ1n) is 9.26. The molecule has 4 rings (SSSR count). The number of aromatic amines is 1. The Balaban J connectivity index is 1.51. The normalized spacial score (nSPS) is 11.0. The van der Waals surface area contributed by atoms with E-state index in [4.69, 9.17) is 0 Å². The zero-order chi connectivity index (χ0) is 21.1. The van der Waals surface area contributed by atoms with Crippen molar-refractivity contribution in [2.45, 2.75) is 4.90 Å². The Bertz CT molecular complexity index is 1190. The first-order chi connectivity index (χ1) is 14.5. The number of rotatable bonds is 6. The molecule has 30 heavy (non-hydrogen) atoms. The van der Waals surface area contributed by atoms with Crippen LogP contribution in [-0.4, -0.2) is 23.2 Å². The third-order valence-corrected chi connectivity index (χ3v) is 6.26. The fraction of sp³-hybridized carbons (Fsp3) is 0.0870. The lowest BCUT2D eigenvalue weighted by atomic mass is 10.1. The molecule has 3 nitrogen and oxygen atoms in total. The number of nitrogens with one attached hydrogen (secondary N) is 2. The minimum absolute atomic E-state index is 0.274. The highest BCUT2D eigenvalue weighted by Gasteiger charge is 2.17. The summed E-state index contributed by atoms with van der Waals surface area (Å²) in [6.07, 6.45) is 0. The number of H-pyrrole nitrogens is 1. The number of carbonyl (C=O) groups excluding carboxylic acids is 1. The zero-order valence-corrected chi connectivity index (χ0v) is 18.1. The topological polar surface area (TPSA) is 44.9 Å². The van der Waals surface area contributed by atoms with Crippen molar-refractivity contribution in [2.75, 3.05) is 12.3 Å². The van der Waals surface area contributed by atoms with Crippen molar-refractivity contribution in [3.05, 3.63) is 88.4 Å². The third kappa shape index (κ3) is 4.27. The molecule has 0 aliphatic heterocycles. The van der Waals surface area contributed by atoms with Gasteiger partial charge in [0.25, 0.3) is 5.91 Å². The van der Waals surface area contributed by atoms with Gasteiger partial charge in [0.2, 0.25) is 0 Å². The number of benzene rings is 3. The molecule has 1 amide bonds. The number of carbonyl (C=O) groups is 1. The van der Waals surface area contributed by atoms with Gasteiger partial charge in [-0.15, -0.1) is 11.8 Å². The molecule has 0 spiro atoms. The van der Waals surface area contributed by atoms with Crippen LogP contribution in [0.15, 0.2) is 76.1 Å². The smallest absolute Gasteiger partial charge is 0.257 e. The molecule has 4 aromatic rings. The predicted octanol–water partition coefficient (Wildman–Crippen LogP) is 6.40. The van der Waals surface area contributed by atoms with Crippen LogP contribution in [-0.2, 0) is 0 Å². The van der Waals surface area contributed by atoms with Gasteiger partial charge in [0.15, 0.2) is 0 Å². The number of hydrogen-bond acceptors (Lipinski definition) is 2. The lowest BCUT2D eigenvalue weighted by Crippen LogP contribution is -2.27. The number of fused-ring (bicyclic) bond motifs is 1. The van der Waals surface area contributed by atoms with Crippen molar-refractivity contribution < 1.29 is 13.6 Å². The number of halogens is 3. The van der Waals surface area contributed by atoms with Crippen LogP contribution in [0.2, 0.25) is 0 Å². The van der Waals surface area contributed by atoms with Gasteiger partial charge in [-0.1, -0.05) is 52.3 Å². The molecular formula is C23H17BrF2N2OS. The molecule has 7 heteroatoms. The maximum absolute atomic E-state index is 13.8. The lowest BCUT2D eigenvalue weighted by Gasteiger charge is -2.08. The van der Waals surface area contributed by atoms with Crippen LogP contribution in [0.4, 0.5) is 8.78 Å². The highest BCUT2D eigenvalue weighted by Crippen LogP contribution is 2.37. The second-order valence-electron chi connectivity index (χ2n) is 6.58. The van der Waals surface area contributed by atoms with Gasteiger partial charge < -0.3 is 10.3 Å². The van der Waals surface area contributed by atoms with E-state index >= 15 is 0 Å². The molecule has 0 atom stereocenters. The molecule has 3 aromatic carbocycles. The minimum atomic E-state index is -0.866. The molecule has 1 heterocycles. The summed E-state index contributed by atoms with van der Waals surface area (Å²) in [5, 5.41) is 3.69. The summed E-state index contributed by atoms with van der Waals surface area (Å²) in [7, 11) is 0. The minimum Gasteiger partial charge on any atom is -0.354 e. The quantitative estimate of drug-likeness (QED) is 0.244. The maximum atomic E-state index is 13.8. The second-order valence-corrected chi connectivity index (χ2v) is 8.60. The molecule has 0 fully saturated rings. The monoisotopic (exact) mass is 486 g/mol. The Kier molecular flexibility index (Phi) is 6.20. The molecule has 0 saturated heterocycles. The molecule has 0 aliphatic carbocycles. The Morgan fingerprint density at radius 1 is 0.967 bits per heavy atom. The standard InChI is InChI=1S/C23H17BrF2N2OS/c24-15-10-8-14(9-11-15)21-22(16-4-1-2-7-19(16)28-21)30-13-12-27-23(29)20-17(25)5-3-6-18(20)26/h1-11,28H,12-13H2,(H,27,29). The Hall–Kier alpha value is -2.64. The summed E-state index contributed by atoms with van der Waals surface area (Å²) in [5.41, 5.74) is 2.52. The molecule has 0 radical (unpaired) electrons. The Morgan fingerprint density at radius 3 is 2.40 bits per heavy atom. The molecule has 0 aliphatic rings. The summed E-state index contributed by atoms with van der Waals surface area (Å²) in [6, 6.07) is 19.4. The van der Waals surface area contributed by atoms with Crippen LogP contribution in [0.1, 0.15) is 10.4 Å². The van der Waals surface area contributed by atoms with Gasteiger partial charge in [-0.3, -0.25) is 4.79 Å². The van der Waals surface area contributed by atoms with Gasteiger partial charge >= 0.3 is 0 Å². The SMILES string of the molecule is O=C(NCCSc1c(-c2ccc(Br)cc2)[nH]c2ccccc12)c1c(F)cccc1F. The van der Waals surface area contributed by atoms with Crippen LogP contribution in [0.25, 0.3) is 22.2 Å². The van der Waals surface area contributed by atoms with E-state index in [1.54, 1.807) is 11.8 Å². The van der Waals surface area contributed by atoms with Crippen LogP contribution in [0, 0.1) is 11.6 Å². The predicted molar refractivity (Wildman–Crippen MR) is 121 cm³/mol. The van der Waals surface area contributed by atoms with Gasteiger partial charge in [0.1, 0.15) is 17.2 Å². The van der Waals surface area contributed by atoms with Crippen molar-refractivity contribution in [2.24, 2.45) is 0 Å². The fourth-order valence-electron chi connectivity index (χ4n) is 3.21. The van der Waals surface area contributed by atoms with Gasteiger partial charge in [-0.25, -0.2) is 8.78 Å². The van der Waals surface area contributed by atoms with Crippen LogP contribution in [0.5, 0.6) is 0 Å². The van der Waals surface area contributed by atoms with Crippen LogP contribution < -0.4 is 5.32 Å². The fourth-order valence-corrected chi connectivity index (χ4v) is 4.53. The van der Waals surface area contributed by atoms with Crippen molar-refractivity contribution in [1.29, 1.82) is 0 Å². The first-order valence-corrected chi connectivity index (χ1v) is 11.0. The molecule has 152 valence electrons. The number of thioether (sulfide) groups is 1. The number of amides is 1. The highest BCUT2D eigenvalue weighted by molar-refractivity contribution is 9.10. The van der Waals surface area contributed by atoms with E-state index in [9.17, 15) is 13.6 Å². The van der Waals surface area contributed by atoms with E-state index in [1.807, 2.05) is 48.5 Å². The van der Waals surface area contributed by atoms with Gasteiger partial charge in [0, 0.05) is 32.6 Å². The number of para-hydroxylation sites is 1. The van der Waals surface area contributed by atoms with Gasteiger partial charge in [-0.2, -0.15) is 0 Å². The summed E-state index contributed by atoms with van der Waals surface area (Å²) >= 11 is 5.04. The van der Waals surface area contributed by atoms with E-state index in [2.05, 4.69) is 26.2 Å². The second kappa shape index (κ2) is 9.02. The molecular weight excluding hydrogens is 470 g/mol. The lowest BCUT2D eigenvalue weighted by molar-refractivity contribution is 0.0948. The maximum Gasteiger partial charge on any atom is 0.257 e. The summed E-state index contributed by atoms with van der Waals surface area (Å²) in [5.74, 6) is -1.94. The molecule has 0 saturated carbocycles.